The molecular weight excluding hydrogens is 346 g/mol. The highest BCUT2D eigenvalue weighted by atomic mass is 16.2. The molecular formula is C25H45NO2. The molecule has 0 radical (unpaired) electrons. The number of ketones is 1. The van der Waals surface area contributed by atoms with E-state index < -0.39 is 0 Å². The summed E-state index contributed by atoms with van der Waals surface area (Å²) < 4.78 is 0. The Kier molecular flexibility index (Phi) is 12.9. The van der Waals surface area contributed by atoms with E-state index >= 15 is 0 Å². The fourth-order valence-corrected chi connectivity index (χ4v) is 3.69. The Balaban J connectivity index is 0.00000784. The highest BCUT2D eigenvalue weighted by molar-refractivity contribution is 5.98. The number of rotatable bonds is 17. The molecule has 1 rings (SSSR count). The summed E-state index contributed by atoms with van der Waals surface area (Å²) in [5.74, 6) is 0.483. The highest BCUT2D eigenvalue weighted by Crippen LogP contribution is 2.24. The molecule has 0 aromatic heterocycles. The summed E-state index contributed by atoms with van der Waals surface area (Å²) in [6.45, 7) is 8.44. The van der Waals surface area contributed by atoms with Gasteiger partial charge in [0.25, 0.3) is 0 Å². The van der Waals surface area contributed by atoms with Gasteiger partial charge in [-0.3, -0.25) is 9.59 Å². The van der Waals surface area contributed by atoms with E-state index in [4.69, 9.17) is 0 Å². The predicted molar refractivity (Wildman–Crippen MR) is 120 cm³/mol. The first-order valence-corrected chi connectivity index (χ1v) is 11.9. The van der Waals surface area contributed by atoms with Crippen molar-refractivity contribution < 1.29 is 11.0 Å². The van der Waals surface area contributed by atoms with Crippen molar-refractivity contribution in [3.05, 3.63) is 17.0 Å². The van der Waals surface area contributed by atoms with Gasteiger partial charge in [-0.2, -0.15) is 0 Å². The molecule has 0 aromatic rings. The number of nitrogens with one attached hydrogen (secondary N) is 1. The van der Waals surface area contributed by atoms with Crippen LogP contribution in [0.3, 0.4) is 0 Å². The molecule has 0 fully saturated rings. The first kappa shape index (κ1) is 24.7. The summed E-state index contributed by atoms with van der Waals surface area (Å²) >= 11 is 0. The lowest BCUT2D eigenvalue weighted by Gasteiger charge is -2.21. The fourth-order valence-electron chi connectivity index (χ4n) is 3.69. The zero-order chi connectivity index (χ0) is 20.8. The monoisotopic (exact) mass is 391 g/mol. The third-order valence-electron chi connectivity index (χ3n) is 5.97. The summed E-state index contributed by atoms with van der Waals surface area (Å²) in [4.78, 5) is 24.9. The fraction of sp³-hybridized carbons (Fsp3) is 0.800. The van der Waals surface area contributed by atoms with E-state index in [2.05, 4.69) is 24.9 Å². The van der Waals surface area contributed by atoms with Crippen molar-refractivity contribution in [1.29, 1.82) is 0 Å². The van der Waals surface area contributed by atoms with Gasteiger partial charge in [0.15, 0.2) is 5.78 Å². The molecule has 3 heteroatoms. The number of hydrogen-bond acceptors (Lipinski definition) is 2. The van der Waals surface area contributed by atoms with Crippen LogP contribution in [0.25, 0.3) is 0 Å². The molecule has 1 N–H and O–H groups in total. The molecule has 162 valence electrons. The maximum Gasteiger partial charge on any atom is 0.227 e. The Morgan fingerprint density at radius 1 is 0.929 bits per heavy atom. The molecule has 0 bridgehead atoms. The van der Waals surface area contributed by atoms with Crippen LogP contribution in [0.5, 0.6) is 0 Å². The summed E-state index contributed by atoms with van der Waals surface area (Å²) in [7, 11) is 0. The molecule has 2 unspecified atom stereocenters. The van der Waals surface area contributed by atoms with Crippen molar-refractivity contribution >= 4 is 11.7 Å². The van der Waals surface area contributed by atoms with E-state index in [9.17, 15) is 9.59 Å². The average Bonchev–Trinajstić information content (AvgIpc) is 2.67. The lowest BCUT2D eigenvalue weighted by atomic mass is 9.89. The van der Waals surface area contributed by atoms with Gasteiger partial charge < -0.3 is 5.32 Å². The van der Waals surface area contributed by atoms with Crippen LogP contribution in [-0.2, 0) is 9.59 Å². The number of carbonyl (C=O) groups excluding carboxylic acids is 2. The van der Waals surface area contributed by atoms with E-state index in [1.165, 1.54) is 51.4 Å². The van der Waals surface area contributed by atoms with E-state index in [0.717, 1.165) is 43.4 Å². The van der Waals surface area contributed by atoms with Gasteiger partial charge in [0.05, 0.1) is 5.70 Å². The molecule has 0 saturated carbocycles. The molecule has 0 spiro atoms. The second-order valence-electron chi connectivity index (χ2n) is 8.52. The minimum absolute atomic E-state index is 0. The molecule has 28 heavy (non-hydrogen) atoms. The number of unbranched alkanes of at least 4 members (excludes halogenated alkanes) is 8. The predicted octanol–water partition coefficient (Wildman–Crippen LogP) is 7.11. The van der Waals surface area contributed by atoms with Gasteiger partial charge in [-0.1, -0.05) is 97.6 Å². The van der Waals surface area contributed by atoms with Crippen LogP contribution in [0.4, 0.5) is 0 Å². The molecule has 0 heterocycles. The third-order valence-corrected chi connectivity index (χ3v) is 5.97. The maximum atomic E-state index is 12.8. The Labute approximate surface area is 174 Å². The summed E-state index contributed by atoms with van der Waals surface area (Å²) in [6.07, 6.45) is 15.8. The van der Waals surface area contributed by atoms with E-state index in [1.54, 1.807) is 0 Å². The van der Waals surface area contributed by atoms with Crippen molar-refractivity contribution in [2.75, 3.05) is 0 Å². The van der Waals surface area contributed by atoms with Gasteiger partial charge in [0, 0.05) is 25.3 Å². The Hall–Kier alpha value is -1.34. The number of Topliss-reactive ketones (excluding diaryl/α,β-unsaturated/α-hetero) is 1. The van der Waals surface area contributed by atoms with E-state index in [-0.39, 0.29) is 25.0 Å². The first-order valence-electron chi connectivity index (χ1n) is 11.9. The van der Waals surface area contributed by atoms with Crippen LogP contribution in [0.2, 0.25) is 0 Å². The topological polar surface area (TPSA) is 46.2 Å². The third kappa shape index (κ3) is 9.24. The molecule has 0 aromatic carbocycles. The second-order valence-corrected chi connectivity index (χ2v) is 8.52. The summed E-state index contributed by atoms with van der Waals surface area (Å²) in [6, 6.07) is 0. The molecule has 3 nitrogen and oxygen atoms in total. The highest BCUT2D eigenvalue weighted by Gasteiger charge is 2.25. The average molecular weight is 392 g/mol. The van der Waals surface area contributed by atoms with Crippen molar-refractivity contribution in [3.8, 4) is 0 Å². The van der Waals surface area contributed by atoms with Crippen molar-refractivity contribution in [2.24, 2.45) is 11.8 Å². The summed E-state index contributed by atoms with van der Waals surface area (Å²) in [5.41, 5.74) is 4.65. The number of amides is 1. The number of carbonyl (C=O) groups is 2. The van der Waals surface area contributed by atoms with E-state index in [1.807, 2.05) is 13.8 Å². The molecule has 0 aliphatic heterocycles. The minimum Gasteiger partial charge on any atom is -0.322 e. The maximum absolute atomic E-state index is 12.8. The van der Waals surface area contributed by atoms with Gasteiger partial charge in [-0.05, 0) is 19.3 Å². The van der Waals surface area contributed by atoms with Gasteiger partial charge >= 0.3 is 0 Å². The van der Waals surface area contributed by atoms with Crippen LogP contribution in [0.15, 0.2) is 17.0 Å². The SMILES string of the molecule is CCCCCCCCC(CCCCCC)C(=O)NC1=C=C(C(=O)C(C)CC)C1.[HH]. The Bertz CT molecular complexity index is 549. The second kappa shape index (κ2) is 14.6. The van der Waals surface area contributed by atoms with Gasteiger partial charge in [-0.25, -0.2) is 0 Å². The van der Waals surface area contributed by atoms with Crippen LogP contribution in [-0.4, -0.2) is 11.7 Å². The van der Waals surface area contributed by atoms with Gasteiger partial charge in [0.1, 0.15) is 0 Å². The zero-order valence-corrected chi connectivity index (χ0v) is 18.9. The normalized spacial score (nSPS) is 15.3. The molecule has 1 aliphatic rings. The zero-order valence-electron chi connectivity index (χ0n) is 18.9. The van der Waals surface area contributed by atoms with Crippen molar-refractivity contribution in [1.82, 2.24) is 5.32 Å². The van der Waals surface area contributed by atoms with Crippen LogP contribution in [0, 0.1) is 11.8 Å². The Morgan fingerprint density at radius 3 is 1.96 bits per heavy atom. The first-order chi connectivity index (χ1) is 13.5. The van der Waals surface area contributed by atoms with E-state index in [0.29, 0.717) is 6.42 Å². The van der Waals surface area contributed by atoms with Crippen LogP contribution < -0.4 is 5.32 Å². The Morgan fingerprint density at radius 2 is 1.43 bits per heavy atom. The molecule has 0 saturated heterocycles. The number of hydrogen-bond donors (Lipinski definition) is 1. The quantitative estimate of drug-likeness (QED) is 0.212. The largest absolute Gasteiger partial charge is 0.322 e. The molecule has 1 amide bonds. The van der Waals surface area contributed by atoms with Gasteiger partial charge in [-0.15, -0.1) is 0 Å². The van der Waals surface area contributed by atoms with Crippen molar-refractivity contribution in [3.63, 3.8) is 0 Å². The van der Waals surface area contributed by atoms with Crippen LogP contribution in [0.1, 0.15) is 119 Å². The standard InChI is InChI=1S/C25H43NO2.H2/c1-5-8-10-12-13-15-17-21(16-14-11-9-6-2)25(28)26-23-18-22(19-23)24(27)20(4)7-3;/h20-21H,5-18H2,1-4H3,(H,26,28);1H. The lowest BCUT2D eigenvalue weighted by Crippen LogP contribution is -2.32. The van der Waals surface area contributed by atoms with Crippen molar-refractivity contribution in [2.45, 2.75) is 118 Å². The minimum atomic E-state index is 0. The smallest absolute Gasteiger partial charge is 0.227 e. The molecule has 2 atom stereocenters. The van der Waals surface area contributed by atoms with Gasteiger partial charge in [0.2, 0.25) is 5.91 Å². The van der Waals surface area contributed by atoms with Crippen LogP contribution >= 0.6 is 0 Å². The lowest BCUT2D eigenvalue weighted by molar-refractivity contribution is -0.125. The molecule has 1 aliphatic carbocycles. The summed E-state index contributed by atoms with van der Waals surface area (Å²) in [5, 5.41) is 3.05.